The van der Waals surface area contributed by atoms with E-state index in [0.29, 0.717) is 16.8 Å². The molecule has 0 aliphatic carbocycles. The van der Waals surface area contributed by atoms with Gasteiger partial charge in [-0.15, -0.1) is 0 Å². The number of hydrogen-bond donors (Lipinski definition) is 1. The van der Waals surface area contributed by atoms with E-state index in [4.69, 9.17) is 0 Å². The molecule has 3 aromatic rings. The van der Waals surface area contributed by atoms with Crippen molar-refractivity contribution in [3.05, 3.63) is 83.6 Å². The van der Waals surface area contributed by atoms with Crippen LogP contribution in [0.4, 0.5) is 17.2 Å². The van der Waals surface area contributed by atoms with Gasteiger partial charge in [-0.2, -0.15) is 0 Å². The largest absolute Gasteiger partial charge is 0.465 e. The molecule has 0 spiro atoms. The average molecular weight is 387 g/mol. The first-order valence-corrected chi connectivity index (χ1v) is 9.40. The van der Waals surface area contributed by atoms with Crippen LogP contribution in [0.3, 0.4) is 0 Å². The number of hydrogen-bond acceptors (Lipinski definition) is 5. The number of anilines is 3. The Bertz CT molecular complexity index is 1060. The highest BCUT2D eigenvalue weighted by atomic mass is 16.5. The van der Waals surface area contributed by atoms with Crippen molar-refractivity contribution in [3.63, 3.8) is 0 Å². The molecule has 0 saturated heterocycles. The second-order valence-corrected chi connectivity index (χ2v) is 6.98. The molecule has 1 unspecified atom stereocenters. The quantitative estimate of drug-likeness (QED) is 0.679. The van der Waals surface area contributed by atoms with Crippen molar-refractivity contribution >= 4 is 29.1 Å². The lowest BCUT2D eigenvalue weighted by atomic mass is 10.1. The van der Waals surface area contributed by atoms with Crippen molar-refractivity contribution in [2.24, 2.45) is 0 Å². The molecule has 0 saturated carbocycles. The Hall–Kier alpha value is -3.67. The van der Waals surface area contributed by atoms with E-state index in [1.54, 1.807) is 42.6 Å². The minimum Gasteiger partial charge on any atom is -0.465 e. The van der Waals surface area contributed by atoms with Crippen LogP contribution in [-0.2, 0) is 11.2 Å². The number of benzene rings is 2. The van der Waals surface area contributed by atoms with Crippen LogP contribution >= 0.6 is 0 Å². The Morgan fingerprint density at radius 3 is 2.59 bits per heavy atom. The molecule has 1 aromatic heterocycles. The van der Waals surface area contributed by atoms with Crippen molar-refractivity contribution < 1.29 is 14.3 Å². The molecular weight excluding hydrogens is 366 g/mol. The van der Waals surface area contributed by atoms with Crippen molar-refractivity contribution in [3.8, 4) is 0 Å². The van der Waals surface area contributed by atoms with E-state index in [2.05, 4.69) is 39.0 Å². The number of nitrogens with zero attached hydrogens (tertiary/aromatic N) is 2. The van der Waals surface area contributed by atoms with Crippen molar-refractivity contribution in [2.75, 3.05) is 17.3 Å². The fourth-order valence-corrected chi connectivity index (χ4v) is 3.62. The molecular formula is C23H21N3O3. The predicted octanol–water partition coefficient (Wildman–Crippen LogP) is 4.20. The summed E-state index contributed by atoms with van der Waals surface area (Å²) in [4.78, 5) is 30.9. The topological polar surface area (TPSA) is 71.5 Å². The molecule has 2 heterocycles. The Kier molecular flexibility index (Phi) is 4.99. The van der Waals surface area contributed by atoms with Crippen LogP contribution in [0.25, 0.3) is 0 Å². The van der Waals surface area contributed by atoms with Gasteiger partial charge in [-0.25, -0.2) is 9.78 Å². The van der Waals surface area contributed by atoms with Crippen molar-refractivity contribution in [1.29, 1.82) is 0 Å². The molecule has 6 nitrogen and oxygen atoms in total. The highest BCUT2D eigenvalue weighted by Gasteiger charge is 2.28. The summed E-state index contributed by atoms with van der Waals surface area (Å²) >= 11 is 0. The van der Waals surface area contributed by atoms with E-state index in [1.165, 1.54) is 12.7 Å². The van der Waals surface area contributed by atoms with Crippen LogP contribution in [-0.4, -0.2) is 30.0 Å². The van der Waals surface area contributed by atoms with Crippen LogP contribution in [0.2, 0.25) is 0 Å². The van der Waals surface area contributed by atoms with E-state index in [9.17, 15) is 9.59 Å². The van der Waals surface area contributed by atoms with Gasteiger partial charge in [-0.3, -0.25) is 4.79 Å². The third kappa shape index (κ3) is 3.69. The lowest BCUT2D eigenvalue weighted by Gasteiger charge is -2.24. The van der Waals surface area contributed by atoms with Gasteiger partial charge in [0.05, 0.1) is 12.7 Å². The van der Waals surface area contributed by atoms with Crippen LogP contribution in [0.15, 0.2) is 66.9 Å². The van der Waals surface area contributed by atoms with Crippen LogP contribution < -0.4 is 10.2 Å². The summed E-state index contributed by atoms with van der Waals surface area (Å²) in [5.74, 6) is 0.0948. The summed E-state index contributed by atoms with van der Waals surface area (Å²) < 4.78 is 4.68. The van der Waals surface area contributed by atoms with Gasteiger partial charge in [0.1, 0.15) is 5.82 Å². The van der Waals surface area contributed by atoms with Gasteiger partial charge in [0, 0.05) is 29.2 Å². The second-order valence-electron chi connectivity index (χ2n) is 6.98. The number of aromatic nitrogens is 1. The molecule has 1 N–H and O–H groups in total. The van der Waals surface area contributed by atoms with Gasteiger partial charge in [0.25, 0.3) is 5.91 Å². The minimum atomic E-state index is -0.415. The van der Waals surface area contributed by atoms with Gasteiger partial charge in [-0.1, -0.05) is 18.2 Å². The zero-order valence-corrected chi connectivity index (χ0v) is 16.3. The number of amides is 1. The fourth-order valence-electron chi connectivity index (χ4n) is 3.62. The molecule has 1 aliphatic heterocycles. The summed E-state index contributed by atoms with van der Waals surface area (Å²) in [5.41, 5.74) is 3.95. The van der Waals surface area contributed by atoms with E-state index in [0.717, 1.165) is 17.9 Å². The summed E-state index contributed by atoms with van der Waals surface area (Å²) in [7, 11) is 1.33. The molecule has 6 heteroatoms. The summed E-state index contributed by atoms with van der Waals surface area (Å²) in [5, 5.41) is 2.85. The number of rotatable bonds is 4. The lowest BCUT2D eigenvalue weighted by Crippen LogP contribution is -2.25. The number of nitrogens with one attached hydrogen (secondary N) is 1. The summed E-state index contributed by atoms with van der Waals surface area (Å²) in [6, 6.07) is 18.6. The van der Waals surface area contributed by atoms with Gasteiger partial charge in [0.2, 0.25) is 0 Å². The number of fused-ring (bicyclic) bond motifs is 1. The van der Waals surface area contributed by atoms with Gasteiger partial charge in [-0.05, 0) is 61.4 Å². The van der Waals surface area contributed by atoms with Crippen LogP contribution in [0.5, 0.6) is 0 Å². The van der Waals surface area contributed by atoms with Crippen LogP contribution in [0, 0.1) is 0 Å². The molecule has 146 valence electrons. The lowest BCUT2D eigenvalue weighted by molar-refractivity contribution is 0.0600. The highest BCUT2D eigenvalue weighted by Crippen LogP contribution is 2.37. The number of pyridine rings is 1. The monoisotopic (exact) mass is 387 g/mol. The maximum absolute atomic E-state index is 12.7. The second kappa shape index (κ2) is 7.75. The average Bonchev–Trinajstić information content (AvgIpc) is 3.09. The molecule has 1 aliphatic rings. The Morgan fingerprint density at radius 2 is 1.83 bits per heavy atom. The molecule has 1 atom stereocenters. The minimum absolute atomic E-state index is 0.236. The zero-order valence-electron chi connectivity index (χ0n) is 16.3. The van der Waals surface area contributed by atoms with Crippen LogP contribution in [0.1, 0.15) is 33.2 Å². The smallest absolute Gasteiger partial charge is 0.337 e. The third-order valence-corrected chi connectivity index (χ3v) is 5.03. The molecule has 4 rings (SSSR count). The predicted molar refractivity (Wildman–Crippen MR) is 112 cm³/mol. The van der Waals surface area contributed by atoms with Gasteiger partial charge in [0.15, 0.2) is 0 Å². The summed E-state index contributed by atoms with van der Waals surface area (Å²) in [6.45, 7) is 2.15. The molecule has 0 bridgehead atoms. The van der Waals surface area contributed by atoms with Crippen molar-refractivity contribution in [1.82, 2.24) is 4.98 Å². The highest BCUT2D eigenvalue weighted by molar-refractivity contribution is 6.05. The maximum Gasteiger partial charge on any atom is 0.337 e. The number of methoxy groups -OCH3 is 1. The van der Waals surface area contributed by atoms with E-state index < -0.39 is 5.97 Å². The van der Waals surface area contributed by atoms with Gasteiger partial charge < -0.3 is 15.0 Å². The Labute approximate surface area is 169 Å². The normalized spacial score (nSPS) is 15.0. The number of para-hydroxylation sites is 1. The van der Waals surface area contributed by atoms with E-state index in [1.807, 2.05) is 12.1 Å². The molecule has 0 fully saturated rings. The first-order chi connectivity index (χ1) is 14.1. The molecule has 2 aromatic carbocycles. The summed E-state index contributed by atoms with van der Waals surface area (Å²) in [6.07, 6.45) is 2.60. The first kappa shape index (κ1) is 18.7. The Balaban J connectivity index is 1.54. The fraction of sp³-hybridized carbons (Fsp3) is 0.174. The first-order valence-electron chi connectivity index (χ1n) is 9.40. The number of esters is 1. The standard InChI is InChI=1S/C23H21N3O3/c1-15-13-17-5-3-4-6-20(17)26(15)21-14-18(11-12-24-21)22(27)25-19-9-7-16(8-10-19)23(28)29-2/h3-12,14-15H,13H2,1-2H3,(H,25,27). The number of carbonyl (C=O) groups is 2. The number of carbonyl (C=O) groups excluding carboxylic acids is 2. The van der Waals surface area contributed by atoms with Crippen molar-refractivity contribution in [2.45, 2.75) is 19.4 Å². The molecule has 0 radical (unpaired) electrons. The Morgan fingerprint density at radius 1 is 1.07 bits per heavy atom. The third-order valence-electron chi connectivity index (χ3n) is 5.03. The number of ether oxygens (including phenoxy) is 1. The van der Waals surface area contributed by atoms with Gasteiger partial charge >= 0.3 is 5.97 Å². The van der Waals surface area contributed by atoms with E-state index in [-0.39, 0.29) is 11.9 Å². The molecule has 29 heavy (non-hydrogen) atoms. The zero-order chi connectivity index (χ0) is 20.4. The molecule has 1 amide bonds. The van der Waals surface area contributed by atoms with E-state index >= 15 is 0 Å². The maximum atomic E-state index is 12.7. The SMILES string of the molecule is COC(=O)c1ccc(NC(=O)c2ccnc(N3c4ccccc4CC3C)c2)cc1.